The molecule has 0 fully saturated rings. The summed E-state index contributed by atoms with van der Waals surface area (Å²) in [6, 6.07) is 3.54. The SMILES string of the molecule is CCN(Cc1ccc(Cl)cn1)C(C[N+](=O)[O-])=NC. The molecule has 0 N–H and O–H groups in total. The first-order chi connectivity index (χ1) is 8.56. The Labute approximate surface area is 110 Å². The average Bonchev–Trinajstić information content (AvgIpc) is 2.35. The number of amidine groups is 1. The van der Waals surface area contributed by atoms with Crippen molar-refractivity contribution in [3.05, 3.63) is 39.2 Å². The Morgan fingerprint density at radius 1 is 1.61 bits per heavy atom. The van der Waals surface area contributed by atoms with Crippen LogP contribution in [0.25, 0.3) is 0 Å². The van der Waals surface area contributed by atoms with E-state index in [2.05, 4.69) is 9.98 Å². The summed E-state index contributed by atoms with van der Waals surface area (Å²) in [4.78, 5) is 20.1. The van der Waals surface area contributed by atoms with Gasteiger partial charge in [-0.2, -0.15) is 0 Å². The number of aliphatic imine (C=N–C) groups is 1. The van der Waals surface area contributed by atoms with Gasteiger partial charge in [0.2, 0.25) is 0 Å². The van der Waals surface area contributed by atoms with Crippen molar-refractivity contribution in [1.29, 1.82) is 0 Å². The molecule has 1 heterocycles. The first-order valence-electron chi connectivity index (χ1n) is 5.49. The molecule has 98 valence electrons. The Kier molecular flexibility index (Phi) is 5.51. The molecule has 1 rings (SSSR count). The van der Waals surface area contributed by atoms with Gasteiger partial charge in [0.05, 0.1) is 17.3 Å². The third kappa shape index (κ3) is 4.29. The molecule has 1 aromatic heterocycles. The molecular formula is C11H15ClN4O2. The van der Waals surface area contributed by atoms with Crippen molar-refractivity contribution in [2.24, 2.45) is 4.99 Å². The van der Waals surface area contributed by atoms with E-state index in [-0.39, 0.29) is 11.5 Å². The van der Waals surface area contributed by atoms with E-state index in [1.54, 1.807) is 25.4 Å². The summed E-state index contributed by atoms with van der Waals surface area (Å²) >= 11 is 5.75. The number of rotatable bonds is 5. The molecule has 0 bridgehead atoms. The highest BCUT2D eigenvalue weighted by Crippen LogP contribution is 2.08. The van der Waals surface area contributed by atoms with Crippen LogP contribution < -0.4 is 0 Å². The van der Waals surface area contributed by atoms with Gasteiger partial charge in [-0.15, -0.1) is 0 Å². The van der Waals surface area contributed by atoms with Gasteiger partial charge in [-0.3, -0.25) is 20.1 Å². The predicted molar refractivity (Wildman–Crippen MR) is 70.6 cm³/mol. The standard InChI is InChI=1S/C11H15ClN4O2/c1-3-15(11(13-2)8-16(17)18)7-10-5-4-9(12)6-14-10/h4-6H,3,7-8H2,1-2H3. The Balaban J connectivity index is 2.77. The number of aromatic nitrogens is 1. The van der Waals surface area contributed by atoms with E-state index < -0.39 is 0 Å². The molecule has 0 aliphatic carbocycles. The monoisotopic (exact) mass is 270 g/mol. The fourth-order valence-corrected chi connectivity index (χ4v) is 1.62. The summed E-state index contributed by atoms with van der Waals surface area (Å²) in [6.07, 6.45) is 1.56. The highest BCUT2D eigenvalue weighted by molar-refractivity contribution is 6.30. The molecule has 7 heteroatoms. The molecule has 0 radical (unpaired) electrons. The number of likely N-dealkylation sites (N-methyl/N-ethyl adjacent to an activating group) is 1. The summed E-state index contributed by atoms with van der Waals surface area (Å²) in [5.41, 5.74) is 0.797. The van der Waals surface area contributed by atoms with Crippen LogP contribution >= 0.6 is 11.6 Å². The highest BCUT2D eigenvalue weighted by atomic mass is 35.5. The van der Waals surface area contributed by atoms with Crippen LogP contribution in [0.3, 0.4) is 0 Å². The van der Waals surface area contributed by atoms with Gasteiger partial charge < -0.3 is 4.90 Å². The van der Waals surface area contributed by atoms with Crippen LogP contribution in [0.2, 0.25) is 5.02 Å². The van der Waals surface area contributed by atoms with Crippen molar-refractivity contribution in [3.63, 3.8) is 0 Å². The second-order valence-corrected chi connectivity index (χ2v) is 4.05. The van der Waals surface area contributed by atoms with Crippen LogP contribution in [-0.2, 0) is 6.54 Å². The maximum atomic E-state index is 10.6. The quantitative estimate of drug-likeness (QED) is 0.354. The molecule has 18 heavy (non-hydrogen) atoms. The Morgan fingerprint density at radius 3 is 2.78 bits per heavy atom. The van der Waals surface area contributed by atoms with E-state index in [1.165, 1.54) is 0 Å². The minimum Gasteiger partial charge on any atom is -0.349 e. The largest absolute Gasteiger partial charge is 0.349 e. The zero-order valence-electron chi connectivity index (χ0n) is 10.3. The van der Waals surface area contributed by atoms with Crippen LogP contribution in [0, 0.1) is 10.1 Å². The minimum absolute atomic E-state index is 0.280. The molecule has 0 saturated heterocycles. The van der Waals surface area contributed by atoms with Crippen LogP contribution in [0.15, 0.2) is 23.3 Å². The van der Waals surface area contributed by atoms with E-state index in [4.69, 9.17) is 11.6 Å². The molecule has 1 aromatic rings. The zero-order valence-corrected chi connectivity index (χ0v) is 11.1. The summed E-state index contributed by atoms with van der Waals surface area (Å²) < 4.78 is 0. The third-order valence-electron chi connectivity index (χ3n) is 2.42. The lowest BCUT2D eigenvalue weighted by atomic mass is 10.3. The fraction of sp³-hybridized carbons (Fsp3) is 0.455. The van der Waals surface area contributed by atoms with Crippen LogP contribution in [0.5, 0.6) is 0 Å². The predicted octanol–water partition coefficient (Wildman–Crippen LogP) is 1.86. The number of hydrogen-bond acceptors (Lipinski definition) is 4. The lowest BCUT2D eigenvalue weighted by molar-refractivity contribution is -0.464. The van der Waals surface area contributed by atoms with Gasteiger partial charge in [-0.05, 0) is 19.1 Å². The normalized spacial score (nSPS) is 11.4. The molecular weight excluding hydrogens is 256 g/mol. The Hall–Kier alpha value is -1.69. The van der Waals surface area contributed by atoms with Gasteiger partial charge in [0.25, 0.3) is 6.54 Å². The Morgan fingerprint density at radius 2 is 2.33 bits per heavy atom. The zero-order chi connectivity index (χ0) is 13.5. The maximum Gasteiger partial charge on any atom is 0.260 e. The number of hydrogen-bond donors (Lipinski definition) is 0. The van der Waals surface area contributed by atoms with E-state index in [9.17, 15) is 10.1 Å². The van der Waals surface area contributed by atoms with E-state index in [0.717, 1.165) is 5.69 Å². The van der Waals surface area contributed by atoms with Crippen molar-refractivity contribution in [2.45, 2.75) is 13.5 Å². The lowest BCUT2D eigenvalue weighted by Crippen LogP contribution is -2.35. The van der Waals surface area contributed by atoms with Gasteiger partial charge in [-0.25, -0.2) is 0 Å². The Bertz CT molecular complexity index is 433. The van der Waals surface area contributed by atoms with Crippen LogP contribution in [0.4, 0.5) is 0 Å². The fourth-order valence-electron chi connectivity index (χ4n) is 1.51. The highest BCUT2D eigenvalue weighted by Gasteiger charge is 2.15. The molecule has 0 amide bonds. The van der Waals surface area contributed by atoms with Crippen molar-refractivity contribution in [2.75, 3.05) is 20.1 Å². The maximum absolute atomic E-state index is 10.6. The second-order valence-electron chi connectivity index (χ2n) is 3.61. The summed E-state index contributed by atoms with van der Waals surface area (Å²) in [7, 11) is 1.55. The van der Waals surface area contributed by atoms with Gasteiger partial charge in [-0.1, -0.05) is 11.6 Å². The minimum atomic E-state index is -0.389. The number of pyridine rings is 1. The number of nitrogens with zero attached hydrogens (tertiary/aromatic N) is 4. The molecule has 0 aliphatic rings. The van der Waals surface area contributed by atoms with Crippen LogP contribution in [0.1, 0.15) is 12.6 Å². The molecule has 0 aromatic carbocycles. The van der Waals surface area contributed by atoms with Crippen molar-refractivity contribution < 1.29 is 4.92 Å². The smallest absolute Gasteiger partial charge is 0.260 e. The van der Waals surface area contributed by atoms with E-state index in [0.29, 0.717) is 23.9 Å². The van der Waals surface area contributed by atoms with Crippen LogP contribution in [-0.4, -0.2) is 40.8 Å². The molecule has 0 aliphatic heterocycles. The number of nitro groups is 1. The van der Waals surface area contributed by atoms with Crippen molar-refractivity contribution in [3.8, 4) is 0 Å². The third-order valence-corrected chi connectivity index (χ3v) is 2.64. The lowest BCUT2D eigenvalue weighted by Gasteiger charge is -2.21. The molecule has 6 nitrogen and oxygen atoms in total. The first-order valence-corrected chi connectivity index (χ1v) is 5.87. The molecule has 0 spiro atoms. The summed E-state index contributed by atoms with van der Waals surface area (Å²) in [5.74, 6) is 0.444. The van der Waals surface area contributed by atoms with Gasteiger partial charge in [0.1, 0.15) is 0 Å². The van der Waals surface area contributed by atoms with E-state index >= 15 is 0 Å². The second kappa shape index (κ2) is 6.90. The summed E-state index contributed by atoms with van der Waals surface area (Å²) in [5, 5.41) is 11.1. The summed E-state index contributed by atoms with van der Waals surface area (Å²) in [6.45, 7) is 2.75. The first kappa shape index (κ1) is 14.4. The van der Waals surface area contributed by atoms with Gasteiger partial charge in [0.15, 0.2) is 5.84 Å². The van der Waals surface area contributed by atoms with Gasteiger partial charge >= 0.3 is 0 Å². The van der Waals surface area contributed by atoms with Crippen molar-refractivity contribution in [1.82, 2.24) is 9.88 Å². The average molecular weight is 271 g/mol. The van der Waals surface area contributed by atoms with Crippen molar-refractivity contribution >= 4 is 17.4 Å². The molecule has 0 saturated carbocycles. The van der Waals surface area contributed by atoms with Gasteiger partial charge in [0, 0.05) is 24.7 Å². The number of halogens is 1. The topological polar surface area (TPSA) is 71.6 Å². The van der Waals surface area contributed by atoms with E-state index in [1.807, 2.05) is 11.8 Å². The molecule has 0 unspecified atom stereocenters. The molecule has 0 atom stereocenters.